The number of benzene rings is 1. The maximum absolute atomic E-state index is 12.4. The highest BCUT2D eigenvalue weighted by Gasteiger charge is 2.30. The van der Waals surface area contributed by atoms with Crippen LogP contribution in [0.15, 0.2) is 34.9 Å². The molecule has 0 bridgehead atoms. The smallest absolute Gasteiger partial charge is 0.361 e. The van der Waals surface area contributed by atoms with Gasteiger partial charge in [-0.05, 0) is 31.2 Å². The third-order valence-corrected chi connectivity index (χ3v) is 2.82. The summed E-state index contributed by atoms with van der Waals surface area (Å²) in [6, 6.07) is 5.83. The van der Waals surface area contributed by atoms with Crippen LogP contribution in [0.5, 0.6) is 0 Å². The number of nitrogens with one attached hydrogen (secondary N) is 1. The first-order chi connectivity index (χ1) is 9.86. The monoisotopic (exact) mass is 298 g/mol. The van der Waals surface area contributed by atoms with Crippen LogP contribution in [0.2, 0.25) is 0 Å². The van der Waals surface area contributed by atoms with Crippen LogP contribution in [-0.2, 0) is 12.6 Å². The summed E-state index contributed by atoms with van der Waals surface area (Å²) in [5.74, 6) is 0.253. The number of hydrogen-bond donors (Lipinski definition) is 1. The van der Waals surface area contributed by atoms with Gasteiger partial charge in [0.2, 0.25) is 0 Å². The minimum atomic E-state index is -4.40. The average molecular weight is 298 g/mol. The molecule has 0 atom stereocenters. The van der Waals surface area contributed by atoms with Crippen molar-refractivity contribution in [3.05, 3.63) is 52.9 Å². The van der Waals surface area contributed by atoms with Gasteiger partial charge in [-0.25, -0.2) is 0 Å². The van der Waals surface area contributed by atoms with Crippen LogP contribution in [0, 0.1) is 6.92 Å². The highest BCUT2D eigenvalue weighted by molar-refractivity contribution is 5.94. The largest absolute Gasteiger partial charge is 0.416 e. The van der Waals surface area contributed by atoms with Gasteiger partial charge in [0.15, 0.2) is 0 Å². The zero-order chi connectivity index (χ0) is 15.5. The molecular weight excluding hydrogens is 285 g/mol. The normalized spacial score (nSPS) is 11.4. The Morgan fingerprint density at radius 3 is 2.48 bits per heavy atom. The minimum Gasteiger partial charge on any atom is -0.361 e. The Kier molecular flexibility index (Phi) is 4.30. The van der Waals surface area contributed by atoms with Gasteiger partial charge in [-0.1, -0.05) is 5.16 Å². The van der Waals surface area contributed by atoms with Gasteiger partial charge >= 0.3 is 6.18 Å². The minimum absolute atomic E-state index is 0.180. The van der Waals surface area contributed by atoms with Crippen molar-refractivity contribution in [1.29, 1.82) is 0 Å². The van der Waals surface area contributed by atoms with Gasteiger partial charge in [-0.15, -0.1) is 0 Å². The molecule has 1 heterocycles. The number of amides is 1. The van der Waals surface area contributed by atoms with E-state index in [0.717, 1.165) is 24.3 Å². The van der Waals surface area contributed by atoms with Gasteiger partial charge in [-0.2, -0.15) is 13.2 Å². The molecule has 21 heavy (non-hydrogen) atoms. The van der Waals surface area contributed by atoms with E-state index in [1.807, 2.05) is 0 Å². The number of hydrogen-bond acceptors (Lipinski definition) is 3. The van der Waals surface area contributed by atoms with Gasteiger partial charge in [0.1, 0.15) is 5.76 Å². The molecule has 0 fully saturated rings. The first-order valence-corrected chi connectivity index (χ1v) is 6.24. The van der Waals surface area contributed by atoms with Crippen LogP contribution >= 0.6 is 0 Å². The molecule has 2 aromatic rings. The number of nitrogens with zero attached hydrogens (tertiary/aromatic N) is 1. The number of aryl methyl sites for hydroxylation is 1. The molecular formula is C14H13F3N2O2. The molecule has 1 aromatic carbocycles. The third kappa shape index (κ3) is 4.08. The molecule has 112 valence electrons. The van der Waals surface area contributed by atoms with E-state index < -0.39 is 17.6 Å². The molecule has 0 aliphatic heterocycles. The molecule has 2 rings (SSSR count). The van der Waals surface area contributed by atoms with Crippen LogP contribution in [-0.4, -0.2) is 17.6 Å². The van der Waals surface area contributed by atoms with Crippen molar-refractivity contribution in [3.8, 4) is 0 Å². The van der Waals surface area contributed by atoms with E-state index in [9.17, 15) is 18.0 Å². The van der Waals surface area contributed by atoms with Crippen LogP contribution < -0.4 is 5.32 Å². The number of aromatic nitrogens is 1. The molecule has 1 amide bonds. The lowest BCUT2D eigenvalue weighted by Gasteiger charge is -2.08. The molecule has 0 saturated carbocycles. The number of alkyl halides is 3. The predicted molar refractivity (Wildman–Crippen MR) is 68.7 cm³/mol. The first kappa shape index (κ1) is 15.1. The summed E-state index contributed by atoms with van der Waals surface area (Å²) in [6.07, 6.45) is -3.91. The van der Waals surface area contributed by atoms with Gasteiger partial charge in [-0.3, -0.25) is 4.79 Å². The van der Waals surface area contributed by atoms with Gasteiger partial charge in [0.25, 0.3) is 5.91 Å². The maximum Gasteiger partial charge on any atom is 0.416 e. The quantitative estimate of drug-likeness (QED) is 0.944. The molecule has 1 N–H and O–H groups in total. The first-order valence-electron chi connectivity index (χ1n) is 6.24. The lowest BCUT2D eigenvalue weighted by Crippen LogP contribution is -2.25. The highest BCUT2D eigenvalue weighted by Crippen LogP contribution is 2.29. The number of halogens is 3. The zero-order valence-electron chi connectivity index (χ0n) is 11.2. The number of carbonyl (C=O) groups excluding carboxylic acids is 1. The van der Waals surface area contributed by atoms with Crippen molar-refractivity contribution in [2.24, 2.45) is 0 Å². The summed E-state index contributed by atoms with van der Waals surface area (Å²) < 4.78 is 42.1. The van der Waals surface area contributed by atoms with Crippen LogP contribution in [0.25, 0.3) is 0 Å². The second kappa shape index (κ2) is 5.99. The Labute approximate surface area is 118 Å². The second-order valence-corrected chi connectivity index (χ2v) is 4.51. The van der Waals surface area contributed by atoms with Gasteiger partial charge < -0.3 is 9.84 Å². The summed E-state index contributed by atoms with van der Waals surface area (Å²) in [6.45, 7) is 2.09. The Balaban J connectivity index is 1.88. The van der Waals surface area contributed by atoms with Crippen molar-refractivity contribution in [1.82, 2.24) is 10.5 Å². The second-order valence-electron chi connectivity index (χ2n) is 4.51. The predicted octanol–water partition coefficient (Wildman–Crippen LogP) is 2.97. The number of rotatable bonds is 4. The van der Waals surface area contributed by atoms with E-state index in [1.165, 1.54) is 0 Å². The fourth-order valence-electron chi connectivity index (χ4n) is 1.75. The van der Waals surface area contributed by atoms with E-state index >= 15 is 0 Å². The fraction of sp³-hybridized carbons (Fsp3) is 0.286. The molecule has 1 aromatic heterocycles. The third-order valence-electron chi connectivity index (χ3n) is 2.82. The van der Waals surface area contributed by atoms with Gasteiger partial charge in [0.05, 0.1) is 11.3 Å². The Bertz CT molecular complexity index is 618. The van der Waals surface area contributed by atoms with Crippen molar-refractivity contribution >= 4 is 5.91 Å². The Morgan fingerprint density at radius 1 is 1.29 bits per heavy atom. The summed E-state index contributed by atoms with van der Waals surface area (Å²) >= 11 is 0. The zero-order valence-corrected chi connectivity index (χ0v) is 11.2. The lowest BCUT2D eigenvalue weighted by atomic mass is 10.1. The molecule has 0 saturated heterocycles. The lowest BCUT2D eigenvalue weighted by molar-refractivity contribution is -0.137. The van der Waals surface area contributed by atoms with E-state index in [2.05, 4.69) is 10.5 Å². The molecule has 7 heteroatoms. The van der Waals surface area contributed by atoms with E-state index in [0.29, 0.717) is 24.4 Å². The van der Waals surface area contributed by atoms with Crippen LogP contribution in [0.3, 0.4) is 0 Å². The molecule has 4 nitrogen and oxygen atoms in total. The molecule has 0 unspecified atom stereocenters. The summed E-state index contributed by atoms with van der Waals surface area (Å²) in [5, 5.41) is 6.39. The van der Waals surface area contributed by atoms with Crippen molar-refractivity contribution in [2.75, 3.05) is 6.54 Å². The van der Waals surface area contributed by atoms with Crippen LogP contribution in [0.1, 0.15) is 27.4 Å². The standard InChI is InChI=1S/C14H13F3N2O2/c1-9-8-12(19-21-9)6-7-18-13(20)10-2-4-11(5-3-10)14(15,16)17/h2-5,8H,6-7H2,1H3,(H,18,20). The molecule has 0 aliphatic rings. The Morgan fingerprint density at radius 2 is 1.95 bits per heavy atom. The highest BCUT2D eigenvalue weighted by atomic mass is 19.4. The van der Waals surface area contributed by atoms with Crippen LogP contribution in [0.4, 0.5) is 13.2 Å². The SMILES string of the molecule is Cc1cc(CCNC(=O)c2ccc(C(F)(F)F)cc2)no1. The van der Waals surface area contributed by atoms with E-state index in [-0.39, 0.29) is 5.56 Å². The van der Waals surface area contributed by atoms with Gasteiger partial charge in [0, 0.05) is 24.6 Å². The average Bonchev–Trinajstić information content (AvgIpc) is 2.83. The Hall–Kier alpha value is -2.31. The molecule has 0 radical (unpaired) electrons. The van der Waals surface area contributed by atoms with E-state index in [1.54, 1.807) is 13.0 Å². The van der Waals surface area contributed by atoms with Crippen molar-refractivity contribution in [3.63, 3.8) is 0 Å². The summed E-state index contributed by atoms with van der Waals surface area (Å²) in [7, 11) is 0. The summed E-state index contributed by atoms with van der Waals surface area (Å²) in [5.41, 5.74) is 0.108. The number of carbonyl (C=O) groups is 1. The molecule has 0 aliphatic carbocycles. The fourth-order valence-corrected chi connectivity index (χ4v) is 1.75. The topological polar surface area (TPSA) is 55.1 Å². The molecule has 0 spiro atoms. The maximum atomic E-state index is 12.4. The van der Waals surface area contributed by atoms with E-state index in [4.69, 9.17) is 4.52 Å². The summed E-state index contributed by atoms with van der Waals surface area (Å²) in [4.78, 5) is 11.8. The van der Waals surface area contributed by atoms with Crippen molar-refractivity contribution in [2.45, 2.75) is 19.5 Å². The van der Waals surface area contributed by atoms with Crippen molar-refractivity contribution < 1.29 is 22.5 Å².